The first-order valence-electron chi connectivity index (χ1n) is 5.79. The lowest BCUT2D eigenvalue weighted by atomic mass is 10.1. The van der Waals surface area contributed by atoms with Gasteiger partial charge in [-0.05, 0) is 30.7 Å². The van der Waals surface area contributed by atoms with Crippen molar-refractivity contribution in [3.8, 4) is 0 Å². The van der Waals surface area contributed by atoms with Crippen molar-refractivity contribution in [1.29, 1.82) is 0 Å². The molecule has 0 aliphatic heterocycles. The molecule has 5 nitrogen and oxygen atoms in total. The Bertz CT molecular complexity index is 680. The number of carbonyl (C=O) groups is 1. The Balaban J connectivity index is 2.14. The van der Waals surface area contributed by atoms with Crippen LogP contribution in [0.4, 0.5) is 0 Å². The number of H-pyrrole nitrogens is 1. The minimum atomic E-state index is -0.403. The molecule has 0 radical (unpaired) electrons. The van der Waals surface area contributed by atoms with Crippen LogP contribution < -0.4 is 10.9 Å². The number of nitrogens with one attached hydrogen (secondary N) is 2. The van der Waals surface area contributed by atoms with Crippen LogP contribution in [0.3, 0.4) is 0 Å². The predicted octanol–water partition coefficient (Wildman–Crippen LogP) is 2.57. The topological polar surface area (TPSA) is 74.8 Å². The number of benzene rings is 1. The van der Waals surface area contributed by atoms with Crippen molar-refractivity contribution >= 4 is 29.1 Å². The van der Waals surface area contributed by atoms with Gasteiger partial charge in [-0.2, -0.15) is 5.10 Å². The molecule has 7 heteroatoms. The summed E-state index contributed by atoms with van der Waals surface area (Å²) in [4.78, 5) is 22.8. The van der Waals surface area contributed by atoms with E-state index in [4.69, 9.17) is 23.2 Å². The van der Waals surface area contributed by atoms with Crippen molar-refractivity contribution in [2.24, 2.45) is 0 Å². The maximum atomic E-state index is 12.0. The highest BCUT2D eigenvalue weighted by Gasteiger charge is 2.15. The second kappa shape index (κ2) is 6.07. The Morgan fingerprint density at radius 3 is 2.65 bits per heavy atom. The largest absolute Gasteiger partial charge is 0.344 e. The van der Waals surface area contributed by atoms with Crippen LogP contribution in [0.1, 0.15) is 29.0 Å². The van der Waals surface area contributed by atoms with E-state index in [0.717, 1.165) is 5.56 Å². The van der Waals surface area contributed by atoms with Crippen LogP contribution in [0.15, 0.2) is 35.1 Å². The summed E-state index contributed by atoms with van der Waals surface area (Å²) in [6.45, 7) is 1.79. The fourth-order valence-electron chi connectivity index (χ4n) is 1.67. The van der Waals surface area contributed by atoms with E-state index in [0.29, 0.717) is 10.0 Å². The van der Waals surface area contributed by atoms with Gasteiger partial charge in [0.1, 0.15) is 5.69 Å². The maximum absolute atomic E-state index is 12.0. The van der Waals surface area contributed by atoms with Gasteiger partial charge in [-0.15, -0.1) is 0 Å². The highest BCUT2D eigenvalue weighted by molar-refractivity contribution is 6.35. The molecule has 2 rings (SSSR count). The Morgan fingerprint density at radius 2 is 2.05 bits per heavy atom. The van der Waals surface area contributed by atoms with Gasteiger partial charge in [0, 0.05) is 16.1 Å². The monoisotopic (exact) mass is 311 g/mol. The maximum Gasteiger partial charge on any atom is 0.272 e. The molecule has 0 saturated carbocycles. The van der Waals surface area contributed by atoms with Gasteiger partial charge < -0.3 is 5.32 Å². The zero-order valence-corrected chi connectivity index (χ0v) is 12.0. The number of hydrogen-bond donors (Lipinski definition) is 2. The van der Waals surface area contributed by atoms with E-state index < -0.39 is 5.91 Å². The molecule has 104 valence electrons. The number of aromatic nitrogens is 2. The average Bonchev–Trinajstić information content (AvgIpc) is 2.39. The Kier molecular flexibility index (Phi) is 4.42. The molecule has 1 aromatic heterocycles. The molecule has 0 spiro atoms. The van der Waals surface area contributed by atoms with E-state index >= 15 is 0 Å². The van der Waals surface area contributed by atoms with Crippen molar-refractivity contribution in [2.75, 3.05) is 0 Å². The first-order chi connectivity index (χ1) is 9.47. The molecular weight excluding hydrogens is 301 g/mol. The van der Waals surface area contributed by atoms with E-state index in [2.05, 4.69) is 15.5 Å². The number of carbonyl (C=O) groups excluding carboxylic acids is 1. The molecule has 1 aromatic carbocycles. The zero-order chi connectivity index (χ0) is 14.7. The fraction of sp³-hybridized carbons (Fsp3) is 0.154. The molecule has 1 atom stereocenters. The molecule has 1 amide bonds. The number of amides is 1. The molecule has 1 heterocycles. The number of aromatic amines is 1. The van der Waals surface area contributed by atoms with Crippen LogP contribution in [0, 0.1) is 0 Å². The number of rotatable bonds is 3. The molecular formula is C13H11Cl2N3O2. The molecule has 0 saturated heterocycles. The smallest absolute Gasteiger partial charge is 0.272 e. The minimum Gasteiger partial charge on any atom is -0.344 e. The van der Waals surface area contributed by atoms with E-state index in [9.17, 15) is 9.59 Å². The van der Waals surface area contributed by atoms with Gasteiger partial charge in [0.05, 0.1) is 6.04 Å². The van der Waals surface area contributed by atoms with Crippen LogP contribution in [0.25, 0.3) is 0 Å². The Morgan fingerprint density at radius 1 is 1.30 bits per heavy atom. The average molecular weight is 312 g/mol. The fourth-order valence-corrected chi connectivity index (χ4v) is 2.24. The summed E-state index contributed by atoms with van der Waals surface area (Å²) >= 11 is 11.9. The number of hydrogen-bond acceptors (Lipinski definition) is 3. The summed E-state index contributed by atoms with van der Waals surface area (Å²) in [5.41, 5.74) is 0.505. The molecule has 0 bridgehead atoms. The molecule has 1 unspecified atom stereocenters. The molecule has 0 aliphatic rings. The molecule has 0 fully saturated rings. The molecule has 2 aromatic rings. The van der Waals surface area contributed by atoms with Crippen LogP contribution in [-0.2, 0) is 0 Å². The zero-order valence-electron chi connectivity index (χ0n) is 10.5. The Labute approximate surface area is 124 Å². The van der Waals surface area contributed by atoms with E-state index in [-0.39, 0.29) is 17.3 Å². The highest BCUT2D eigenvalue weighted by Crippen LogP contribution is 2.26. The van der Waals surface area contributed by atoms with Crippen LogP contribution in [-0.4, -0.2) is 16.1 Å². The molecule has 20 heavy (non-hydrogen) atoms. The predicted molar refractivity (Wildman–Crippen MR) is 77.2 cm³/mol. The summed E-state index contributed by atoms with van der Waals surface area (Å²) in [6, 6.07) is 7.33. The lowest BCUT2D eigenvalue weighted by Crippen LogP contribution is -2.28. The summed E-state index contributed by atoms with van der Waals surface area (Å²) in [5, 5.41) is 9.60. The van der Waals surface area contributed by atoms with Crippen LogP contribution >= 0.6 is 23.2 Å². The lowest BCUT2D eigenvalue weighted by Gasteiger charge is -2.15. The van der Waals surface area contributed by atoms with E-state index in [1.165, 1.54) is 12.1 Å². The third-order valence-electron chi connectivity index (χ3n) is 2.69. The van der Waals surface area contributed by atoms with Gasteiger partial charge in [-0.3, -0.25) is 9.59 Å². The van der Waals surface area contributed by atoms with Gasteiger partial charge in [0.2, 0.25) is 0 Å². The molecule has 2 N–H and O–H groups in total. The summed E-state index contributed by atoms with van der Waals surface area (Å²) in [6.07, 6.45) is 0. The van der Waals surface area contributed by atoms with Crippen LogP contribution in [0.5, 0.6) is 0 Å². The quantitative estimate of drug-likeness (QED) is 0.914. The van der Waals surface area contributed by atoms with Crippen molar-refractivity contribution in [1.82, 2.24) is 15.5 Å². The third kappa shape index (κ3) is 3.37. The van der Waals surface area contributed by atoms with Crippen LogP contribution in [0.2, 0.25) is 10.0 Å². The normalized spacial score (nSPS) is 11.9. The molecule has 0 aliphatic carbocycles. The standard InChI is InChI=1S/C13H11Cl2N3O2/c1-7(9-3-2-8(14)6-10(9)15)16-13(20)11-4-5-12(19)18-17-11/h2-7H,1H3,(H,16,20)(H,18,19). The SMILES string of the molecule is CC(NC(=O)c1ccc(=O)[nH]n1)c1ccc(Cl)cc1Cl. The van der Waals surface area contributed by atoms with Gasteiger partial charge in [0.15, 0.2) is 0 Å². The summed E-state index contributed by atoms with van der Waals surface area (Å²) < 4.78 is 0. The first-order valence-corrected chi connectivity index (χ1v) is 6.54. The minimum absolute atomic E-state index is 0.126. The van der Waals surface area contributed by atoms with Gasteiger partial charge >= 0.3 is 0 Å². The highest BCUT2D eigenvalue weighted by atomic mass is 35.5. The lowest BCUT2D eigenvalue weighted by molar-refractivity contribution is 0.0933. The van der Waals surface area contributed by atoms with Crippen molar-refractivity contribution in [3.63, 3.8) is 0 Å². The van der Waals surface area contributed by atoms with E-state index in [1.807, 2.05) is 0 Å². The van der Waals surface area contributed by atoms with Crippen molar-refractivity contribution in [2.45, 2.75) is 13.0 Å². The summed E-state index contributed by atoms with van der Waals surface area (Å²) in [5.74, 6) is -0.403. The van der Waals surface area contributed by atoms with Gasteiger partial charge in [-0.25, -0.2) is 5.10 Å². The second-order valence-electron chi connectivity index (χ2n) is 4.17. The van der Waals surface area contributed by atoms with E-state index in [1.54, 1.807) is 25.1 Å². The third-order valence-corrected chi connectivity index (χ3v) is 3.25. The second-order valence-corrected chi connectivity index (χ2v) is 5.01. The number of halogens is 2. The number of nitrogens with zero attached hydrogens (tertiary/aromatic N) is 1. The van der Waals surface area contributed by atoms with Crippen molar-refractivity contribution in [3.05, 3.63) is 62.0 Å². The summed E-state index contributed by atoms with van der Waals surface area (Å²) in [7, 11) is 0. The Hall–Kier alpha value is -1.85. The van der Waals surface area contributed by atoms with Crippen molar-refractivity contribution < 1.29 is 4.79 Å². The first kappa shape index (κ1) is 14.6. The van der Waals surface area contributed by atoms with Gasteiger partial charge in [0.25, 0.3) is 11.5 Å². The van der Waals surface area contributed by atoms with Gasteiger partial charge in [-0.1, -0.05) is 29.3 Å².